The fourth-order valence-electron chi connectivity index (χ4n) is 2.07. The number of hydrogen-bond acceptors (Lipinski definition) is 5. The van der Waals surface area contributed by atoms with Gasteiger partial charge in [0.05, 0.1) is 12.2 Å². The predicted octanol–water partition coefficient (Wildman–Crippen LogP) is 4.09. The zero-order chi connectivity index (χ0) is 19.8. The number of carbonyl (C=O) groups excluding carboxylic acids is 3. The number of esters is 1. The van der Waals surface area contributed by atoms with Gasteiger partial charge in [-0.25, -0.2) is 9.59 Å². The maximum Gasteiger partial charge on any atom is 0.411 e. The Morgan fingerprint density at radius 3 is 2.41 bits per heavy atom. The second-order valence-electron chi connectivity index (χ2n) is 5.47. The molecule has 2 aromatic rings. The van der Waals surface area contributed by atoms with Crippen molar-refractivity contribution in [2.24, 2.45) is 0 Å². The lowest BCUT2D eigenvalue weighted by atomic mass is 10.2. The van der Waals surface area contributed by atoms with E-state index < -0.39 is 24.1 Å². The normalized spacial score (nSPS) is 11.2. The van der Waals surface area contributed by atoms with Crippen LogP contribution in [0.25, 0.3) is 0 Å². The van der Waals surface area contributed by atoms with Gasteiger partial charge in [-0.2, -0.15) is 0 Å². The Morgan fingerprint density at radius 1 is 1.04 bits per heavy atom. The van der Waals surface area contributed by atoms with Crippen molar-refractivity contribution in [1.82, 2.24) is 0 Å². The first-order valence-corrected chi connectivity index (χ1v) is 8.58. The Bertz CT molecular complexity index is 823. The maximum absolute atomic E-state index is 12.3. The monoisotopic (exact) mass is 390 g/mol. The van der Waals surface area contributed by atoms with Crippen LogP contribution >= 0.6 is 11.6 Å². The van der Waals surface area contributed by atoms with Gasteiger partial charge in [-0.05, 0) is 56.3 Å². The van der Waals surface area contributed by atoms with E-state index in [2.05, 4.69) is 10.6 Å². The summed E-state index contributed by atoms with van der Waals surface area (Å²) < 4.78 is 9.96. The summed E-state index contributed by atoms with van der Waals surface area (Å²) >= 11 is 5.79. The van der Waals surface area contributed by atoms with Crippen molar-refractivity contribution in [2.45, 2.75) is 20.0 Å². The Labute approximate surface area is 161 Å². The van der Waals surface area contributed by atoms with Crippen LogP contribution in [0, 0.1) is 0 Å². The molecule has 2 rings (SSSR count). The van der Waals surface area contributed by atoms with Gasteiger partial charge >= 0.3 is 12.1 Å². The van der Waals surface area contributed by atoms with Crippen molar-refractivity contribution < 1.29 is 23.9 Å². The minimum atomic E-state index is -1.02. The lowest BCUT2D eigenvalue weighted by molar-refractivity contribution is -0.123. The standard InChI is InChI=1S/C19H19ClN2O5/c1-3-26-19(25)22-16-6-4-5-13(11-16)18(24)27-12(2)17(23)21-15-9-7-14(20)8-10-15/h4-12H,3H2,1-2H3,(H,21,23)(H,22,25). The molecule has 142 valence electrons. The van der Waals surface area contributed by atoms with Crippen molar-refractivity contribution in [3.8, 4) is 0 Å². The second-order valence-corrected chi connectivity index (χ2v) is 5.91. The molecule has 1 atom stereocenters. The van der Waals surface area contributed by atoms with Crippen molar-refractivity contribution in [3.63, 3.8) is 0 Å². The second kappa shape index (κ2) is 9.59. The molecule has 1 unspecified atom stereocenters. The van der Waals surface area contributed by atoms with E-state index in [0.717, 1.165) is 0 Å². The highest BCUT2D eigenvalue weighted by molar-refractivity contribution is 6.30. The molecule has 0 saturated heterocycles. The number of carbonyl (C=O) groups is 3. The first-order chi connectivity index (χ1) is 12.9. The summed E-state index contributed by atoms with van der Waals surface area (Å²) in [6.45, 7) is 3.38. The van der Waals surface area contributed by atoms with Gasteiger partial charge in [-0.3, -0.25) is 10.1 Å². The molecule has 2 amide bonds. The van der Waals surface area contributed by atoms with Gasteiger partial charge in [-0.15, -0.1) is 0 Å². The van der Waals surface area contributed by atoms with E-state index in [-0.39, 0.29) is 12.2 Å². The Morgan fingerprint density at radius 2 is 1.74 bits per heavy atom. The minimum Gasteiger partial charge on any atom is -0.450 e. The molecule has 8 heteroatoms. The molecule has 7 nitrogen and oxygen atoms in total. The first kappa shape index (κ1) is 20.3. The molecule has 0 spiro atoms. The molecule has 0 aliphatic carbocycles. The van der Waals surface area contributed by atoms with Crippen LogP contribution in [0.4, 0.5) is 16.2 Å². The van der Waals surface area contributed by atoms with Crippen LogP contribution < -0.4 is 10.6 Å². The summed E-state index contributed by atoms with van der Waals surface area (Å²) in [5.74, 6) is -1.17. The van der Waals surface area contributed by atoms with Gasteiger partial charge in [0.25, 0.3) is 5.91 Å². The third kappa shape index (κ3) is 6.31. The molecule has 0 saturated carbocycles. The quantitative estimate of drug-likeness (QED) is 0.724. The van der Waals surface area contributed by atoms with Gasteiger partial charge < -0.3 is 14.8 Å². The average Bonchev–Trinajstić information content (AvgIpc) is 2.64. The minimum absolute atomic E-state index is 0.190. The van der Waals surface area contributed by atoms with E-state index >= 15 is 0 Å². The molecular weight excluding hydrogens is 372 g/mol. The van der Waals surface area contributed by atoms with E-state index in [9.17, 15) is 14.4 Å². The third-order valence-electron chi connectivity index (χ3n) is 3.38. The van der Waals surface area contributed by atoms with E-state index in [1.165, 1.54) is 19.1 Å². The fourth-order valence-corrected chi connectivity index (χ4v) is 2.19. The van der Waals surface area contributed by atoms with Crippen molar-refractivity contribution in [2.75, 3.05) is 17.2 Å². The molecule has 0 aromatic heterocycles. The van der Waals surface area contributed by atoms with Crippen LogP contribution in [0.3, 0.4) is 0 Å². The van der Waals surface area contributed by atoms with Gasteiger partial charge in [-0.1, -0.05) is 17.7 Å². The summed E-state index contributed by atoms with van der Waals surface area (Å²) in [5, 5.41) is 5.67. The zero-order valence-electron chi connectivity index (χ0n) is 14.8. The SMILES string of the molecule is CCOC(=O)Nc1cccc(C(=O)OC(C)C(=O)Nc2ccc(Cl)cc2)c1. The molecule has 0 bridgehead atoms. The fraction of sp³-hybridized carbons (Fsp3) is 0.211. The predicted molar refractivity (Wildman–Crippen MR) is 102 cm³/mol. The molecule has 27 heavy (non-hydrogen) atoms. The highest BCUT2D eigenvalue weighted by Gasteiger charge is 2.19. The third-order valence-corrected chi connectivity index (χ3v) is 3.64. The molecule has 2 aromatic carbocycles. The number of ether oxygens (including phenoxy) is 2. The van der Waals surface area contributed by atoms with Crippen LogP contribution in [-0.2, 0) is 14.3 Å². The number of rotatable bonds is 6. The summed E-state index contributed by atoms with van der Waals surface area (Å²) in [7, 11) is 0. The molecule has 2 N–H and O–H groups in total. The summed E-state index contributed by atoms with van der Waals surface area (Å²) in [6.07, 6.45) is -1.64. The number of hydrogen-bond donors (Lipinski definition) is 2. The average molecular weight is 391 g/mol. The van der Waals surface area contributed by atoms with Crippen molar-refractivity contribution in [1.29, 1.82) is 0 Å². The smallest absolute Gasteiger partial charge is 0.411 e. The van der Waals surface area contributed by atoms with Crippen LogP contribution in [0.5, 0.6) is 0 Å². The Hall–Kier alpha value is -3.06. The van der Waals surface area contributed by atoms with Crippen LogP contribution in [0.15, 0.2) is 48.5 Å². The van der Waals surface area contributed by atoms with Gasteiger partial charge in [0.2, 0.25) is 0 Å². The lowest BCUT2D eigenvalue weighted by Crippen LogP contribution is -2.30. The van der Waals surface area contributed by atoms with E-state index in [1.54, 1.807) is 43.3 Å². The van der Waals surface area contributed by atoms with E-state index in [4.69, 9.17) is 21.1 Å². The maximum atomic E-state index is 12.3. The van der Waals surface area contributed by atoms with Gasteiger partial charge in [0.1, 0.15) is 0 Å². The number of halogens is 1. The van der Waals surface area contributed by atoms with Crippen LogP contribution in [0.1, 0.15) is 24.2 Å². The number of anilines is 2. The molecule has 0 aliphatic heterocycles. The topological polar surface area (TPSA) is 93.7 Å². The molecule has 0 radical (unpaired) electrons. The van der Waals surface area contributed by atoms with Crippen LogP contribution in [0.2, 0.25) is 5.02 Å². The van der Waals surface area contributed by atoms with Gasteiger partial charge in [0.15, 0.2) is 6.10 Å². The molecule has 0 heterocycles. The lowest BCUT2D eigenvalue weighted by Gasteiger charge is -2.14. The Balaban J connectivity index is 1.96. The molecular formula is C19H19ClN2O5. The van der Waals surface area contributed by atoms with E-state index in [1.807, 2.05) is 0 Å². The molecule has 0 fully saturated rings. The van der Waals surface area contributed by atoms with Gasteiger partial charge in [0, 0.05) is 16.4 Å². The highest BCUT2D eigenvalue weighted by atomic mass is 35.5. The highest BCUT2D eigenvalue weighted by Crippen LogP contribution is 2.15. The van der Waals surface area contributed by atoms with E-state index in [0.29, 0.717) is 16.4 Å². The number of nitrogens with one attached hydrogen (secondary N) is 2. The summed E-state index contributed by atoms with van der Waals surface area (Å²) in [6, 6.07) is 12.7. The Kier molecular flexibility index (Phi) is 7.19. The zero-order valence-corrected chi connectivity index (χ0v) is 15.6. The van der Waals surface area contributed by atoms with Crippen molar-refractivity contribution >= 4 is 40.9 Å². The number of amides is 2. The summed E-state index contributed by atoms with van der Waals surface area (Å²) in [5.41, 5.74) is 1.10. The largest absolute Gasteiger partial charge is 0.450 e. The molecule has 0 aliphatic rings. The number of benzene rings is 2. The summed E-state index contributed by atoms with van der Waals surface area (Å²) in [4.78, 5) is 35.9. The first-order valence-electron chi connectivity index (χ1n) is 8.20. The van der Waals surface area contributed by atoms with Crippen molar-refractivity contribution in [3.05, 3.63) is 59.1 Å². The van der Waals surface area contributed by atoms with Crippen LogP contribution in [-0.4, -0.2) is 30.7 Å².